The molecule has 0 spiro atoms. The number of sulfone groups is 1. The molecule has 1 unspecified atom stereocenters. The van der Waals surface area contributed by atoms with Gasteiger partial charge in [0.1, 0.15) is 0 Å². The Bertz CT molecular complexity index is 326. The third kappa shape index (κ3) is 3.47. The van der Waals surface area contributed by atoms with Gasteiger partial charge in [-0.3, -0.25) is 0 Å². The van der Waals surface area contributed by atoms with Crippen LogP contribution < -0.4 is 0 Å². The smallest absolute Gasteiger partial charge is 0.150 e. The van der Waals surface area contributed by atoms with Crippen LogP contribution in [0, 0.1) is 16.7 Å². The van der Waals surface area contributed by atoms with Gasteiger partial charge in [0.15, 0.2) is 9.84 Å². The molecule has 0 aromatic carbocycles. The van der Waals surface area contributed by atoms with E-state index in [-0.39, 0.29) is 10.8 Å². The van der Waals surface area contributed by atoms with Crippen LogP contribution in [-0.4, -0.2) is 19.9 Å². The molecule has 0 saturated carbocycles. The molecule has 0 amide bonds. The van der Waals surface area contributed by atoms with Crippen molar-refractivity contribution in [2.75, 3.05) is 11.5 Å². The highest BCUT2D eigenvalue weighted by molar-refractivity contribution is 7.91. The summed E-state index contributed by atoms with van der Waals surface area (Å²) in [5, 5.41) is 0. The normalized spacial score (nSPS) is 34.1. The first-order valence-corrected chi connectivity index (χ1v) is 7.57. The Balaban J connectivity index is 2.97. The molecule has 1 fully saturated rings. The van der Waals surface area contributed by atoms with Crippen molar-refractivity contribution in [1.29, 1.82) is 0 Å². The van der Waals surface area contributed by atoms with Crippen molar-refractivity contribution in [2.24, 2.45) is 16.7 Å². The van der Waals surface area contributed by atoms with Crippen molar-refractivity contribution in [1.82, 2.24) is 0 Å². The molecule has 0 aliphatic carbocycles. The zero-order valence-corrected chi connectivity index (χ0v) is 11.4. The topological polar surface area (TPSA) is 34.1 Å². The van der Waals surface area contributed by atoms with E-state index in [4.69, 9.17) is 0 Å². The van der Waals surface area contributed by atoms with Gasteiger partial charge in [-0.2, -0.15) is 0 Å². The average molecular weight is 232 g/mol. The third-order valence-electron chi connectivity index (χ3n) is 3.74. The second kappa shape index (κ2) is 3.76. The highest BCUT2D eigenvalue weighted by Gasteiger charge is 2.38. The van der Waals surface area contributed by atoms with Crippen LogP contribution in [0.2, 0.25) is 0 Å². The standard InChI is InChI=1S/C12H24O2S/c1-10-6-7-15(13,14)9-11(2,3)8-12(10,4)5/h10H,6-9H2,1-5H3. The van der Waals surface area contributed by atoms with E-state index in [2.05, 4.69) is 34.6 Å². The minimum absolute atomic E-state index is 0.0863. The summed E-state index contributed by atoms with van der Waals surface area (Å²) in [5.41, 5.74) is 0.163. The fourth-order valence-corrected chi connectivity index (χ4v) is 5.02. The summed E-state index contributed by atoms with van der Waals surface area (Å²) < 4.78 is 23.6. The van der Waals surface area contributed by atoms with Crippen LogP contribution in [0.4, 0.5) is 0 Å². The average Bonchev–Trinajstić information content (AvgIpc) is 1.94. The maximum atomic E-state index is 11.8. The molecular formula is C12H24O2S. The molecule has 2 nitrogen and oxygen atoms in total. The molecule has 0 aromatic heterocycles. The number of rotatable bonds is 0. The minimum atomic E-state index is -2.83. The maximum Gasteiger partial charge on any atom is 0.150 e. The highest BCUT2D eigenvalue weighted by atomic mass is 32.2. The van der Waals surface area contributed by atoms with E-state index in [0.717, 1.165) is 12.8 Å². The Kier molecular flexibility index (Phi) is 3.26. The molecule has 0 radical (unpaired) electrons. The zero-order chi connectivity index (χ0) is 11.9. The van der Waals surface area contributed by atoms with E-state index in [9.17, 15) is 8.42 Å². The Hall–Kier alpha value is -0.0500. The summed E-state index contributed by atoms with van der Waals surface area (Å²) in [6, 6.07) is 0. The summed E-state index contributed by atoms with van der Waals surface area (Å²) in [4.78, 5) is 0. The predicted molar refractivity (Wildman–Crippen MR) is 64.6 cm³/mol. The van der Waals surface area contributed by atoms with Gasteiger partial charge in [-0.05, 0) is 29.6 Å². The van der Waals surface area contributed by atoms with Gasteiger partial charge < -0.3 is 0 Å². The molecule has 15 heavy (non-hydrogen) atoms. The van der Waals surface area contributed by atoms with Crippen molar-refractivity contribution in [2.45, 2.75) is 47.5 Å². The molecule has 90 valence electrons. The summed E-state index contributed by atoms with van der Waals surface area (Å²) in [7, 11) is -2.83. The summed E-state index contributed by atoms with van der Waals surface area (Å²) in [6.07, 6.45) is 1.80. The molecule has 0 bridgehead atoms. The van der Waals surface area contributed by atoms with Gasteiger partial charge in [-0.15, -0.1) is 0 Å². The zero-order valence-electron chi connectivity index (χ0n) is 10.6. The van der Waals surface area contributed by atoms with Crippen molar-refractivity contribution in [3.63, 3.8) is 0 Å². The lowest BCUT2D eigenvalue weighted by Crippen LogP contribution is -2.37. The van der Waals surface area contributed by atoms with Crippen LogP contribution in [0.15, 0.2) is 0 Å². The number of hydrogen-bond acceptors (Lipinski definition) is 2. The maximum absolute atomic E-state index is 11.8. The van der Waals surface area contributed by atoms with E-state index in [0.29, 0.717) is 17.4 Å². The summed E-state index contributed by atoms with van der Waals surface area (Å²) in [5.74, 6) is 1.18. The third-order valence-corrected chi connectivity index (χ3v) is 5.82. The monoisotopic (exact) mass is 232 g/mol. The van der Waals surface area contributed by atoms with Gasteiger partial charge in [0.25, 0.3) is 0 Å². The van der Waals surface area contributed by atoms with Crippen LogP contribution in [-0.2, 0) is 9.84 Å². The fraction of sp³-hybridized carbons (Fsp3) is 1.00. The molecule has 1 aliphatic heterocycles. The molecule has 1 rings (SSSR count). The minimum Gasteiger partial charge on any atom is -0.229 e. The summed E-state index contributed by atoms with van der Waals surface area (Å²) >= 11 is 0. The molecular weight excluding hydrogens is 208 g/mol. The van der Waals surface area contributed by atoms with E-state index in [1.54, 1.807) is 0 Å². The van der Waals surface area contributed by atoms with Crippen molar-refractivity contribution < 1.29 is 8.42 Å². The Morgan fingerprint density at radius 1 is 1.13 bits per heavy atom. The van der Waals surface area contributed by atoms with E-state index >= 15 is 0 Å². The Morgan fingerprint density at radius 2 is 1.67 bits per heavy atom. The molecule has 1 aliphatic rings. The van der Waals surface area contributed by atoms with E-state index in [1.807, 2.05) is 0 Å². The fourth-order valence-electron chi connectivity index (χ4n) is 2.87. The van der Waals surface area contributed by atoms with E-state index < -0.39 is 9.84 Å². The molecule has 0 aromatic rings. The van der Waals surface area contributed by atoms with E-state index in [1.165, 1.54) is 0 Å². The first kappa shape index (κ1) is 13.0. The quantitative estimate of drug-likeness (QED) is 0.643. The van der Waals surface area contributed by atoms with Gasteiger partial charge >= 0.3 is 0 Å². The van der Waals surface area contributed by atoms with Gasteiger partial charge in [0.05, 0.1) is 11.5 Å². The number of hydrogen-bond donors (Lipinski definition) is 0. The second-order valence-electron chi connectivity index (χ2n) is 6.61. The van der Waals surface area contributed by atoms with Gasteiger partial charge in [-0.25, -0.2) is 8.42 Å². The lowest BCUT2D eigenvalue weighted by atomic mass is 9.68. The molecule has 3 heteroatoms. The second-order valence-corrected chi connectivity index (χ2v) is 8.80. The van der Waals surface area contributed by atoms with Crippen LogP contribution in [0.5, 0.6) is 0 Å². The first-order chi connectivity index (χ1) is 6.54. The molecule has 1 saturated heterocycles. The van der Waals surface area contributed by atoms with Gasteiger partial charge in [0.2, 0.25) is 0 Å². The van der Waals surface area contributed by atoms with Crippen molar-refractivity contribution >= 4 is 9.84 Å². The SMILES string of the molecule is CC1CCS(=O)(=O)CC(C)(C)CC1(C)C. The lowest BCUT2D eigenvalue weighted by molar-refractivity contribution is 0.135. The molecule has 1 heterocycles. The Morgan fingerprint density at radius 3 is 2.20 bits per heavy atom. The first-order valence-electron chi connectivity index (χ1n) is 5.75. The Labute approximate surface area is 94.4 Å². The summed E-state index contributed by atoms with van der Waals surface area (Å²) in [6.45, 7) is 10.8. The van der Waals surface area contributed by atoms with Crippen LogP contribution >= 0.6 is 0 Å². The largest absolute Gasteiger partial charge is 0.229 e. The van der Waals surface area contributed by atoms with Crippen LogP contribution in [0.1, 0.15) is 47.5 Å². The molecule has 0 N–H and O–H groups in total. The predicted octanol–water partition coefficient (Wildman–Crippen LogP) is 2.88. The van der Waals surface area contributed by atoms with Gasteiger partial charge in [-0.1, -0.05) is 34.6 Å². The highest BCUT2D eigenvalue weighted by Crippen LogP contribution is 2.43. The molecule has 1 atom stereocenters. The van der Waals surface area contributed by atoms with Crippen molar-refractivity contribution in [3.05, 3.63) is 0 Å². The lowest BCUT2D eigenvalue weighted by Gasteiger charge is -2.41. The van der Waals surface area contributed by atoms with Crippen LogP contribution in [0.3, 0.4) is 0 Å². The van der Waals surface area contributed by atoms with Crippen molar-refractivity contribution in [3.8, 4) is 0 Å². The van der Waals surface area contributed by atoms with Crippen LogP contribution in [0.25, 0.3) is 0 Å². The van der Waals surface area contributed by atoms with Gasteiger partial charge in [0, 0.05) is 0 Å².